The van der Waals surface area contributed by atoms with E-state index in [1.54, 1.807) is 12.1 Å². The first-order valence-corrected chi connectivity index (χ1v) is 11.5. The summed E-state index contributed by atoms with van der Waals surface area (Å²) < 4.78 is 55.9. The molecule has 1 atom stereocenters. The van der Waals surface area contributed by atoms with E-state index in [1.807, 2.05) is 0 Å². The van der Waals surface area contributed by atoms with E-state index in [2.05, 4.69) is 10.2 Å². The molecule has 0 spiro atoms. The van der Waals surface area contributed by atoms with Gasteiger partial charge in [0.15, 0.2) is 6.29 Å². The molecule has 2 aliphatic heterocycles. The Morgan fingerprint density at radius 1 is 0.871 bits per heavy atom. The van der Waals surface area contributed by atoms with Crippen molar-refractivity contribution in [3.63, 3.8) is 0 Å². The fraction of sp³-hybridized carbons (Fsp3) is 0.739. The molecule has 1 saturated heterocycles. The number of hydrogen-bond donors (Lipinski definition) is 0. The van der Waals surface area contributed by atoms with E-state index < -0.39 is 11.8 Å². The Labute approximate surface area is 182 Å². The summed E-state index contributed by atoms with van der Waals surface area (Å²) in [6.07, 6.45) is 8.09. The summed E-state index contributed by atoms with van der Waals surface area (Å²) in [7, 11) is 0. The number of hydrogen-bond acceptors (Lipinski definition) is 5. The first-order chi connectivity index (χ1) is 15.0. The summed E-state index contributed by atoms with van der Waals surface area (Å²) in [4.78, 5) is 0. The lowest BCUT2D eigenvalue weighted by atomic mass is 10.0. The summed E-state index contributed by atoms with van der Waals surface area (Å²) in [5.41, 5.74) is -2.33. The van der Waals surface area contributed by atoms with E-state index in [4.69, 9.17) is 14.2 Å². The molecule has 0 N–H and O–H groups in total. The number of alkyl halides is 3. The van der Waals surface area contributed by atoms with Gasteiger partial charge in [0.2, 0.25) is 0 Å². The van der Waals surface area contributed by atoms with Gasteiger partial charge in [0.05, 0.1) is 6.61 Å². The number of ether oxygens (including phenoxy) is 3. The SMILES string of the molecule is FC(F)(F)C1(c2ccc(OCCCCCCCCCCOC3CCCCO3)cc2)N=N1. The summed E-state index contributed by atoms with van der Waals surface area (Å²) in [5, 5.41) is 6.41. The van der Waals surface area contributed by atoms with Crippen molar-refractivity contribution in [2.24, 2.45) is 10.2 Å². The summed E-state index contributed by atoms with van der Waals surface area (Å²) in [6, 6.07) is 5.87. The maximum atomic E-state index is 13.0. The Balaban J connectivity index is 1.14. The van der Waals surface area contributed by atoms with Crippen LogP contribution in [0.5, 0.6) is 5.75 Å². The zero-order valence-electron chi connectivity index (χ0n) is 18.0. The molecule has 1 aromatic rings. The highest BCUT2D eigenvalue weighted by Crippen LogP contribution is 2.52. The first-order valence-electron chi connectivity index (χ1n) is 11.5. The van der Waals surface area contributed by atoms with Crippen LogP contribution >= 0.6 is 0 Å². The molecule has 0 radical (unpaired) electrons. The van der Waals surface area contributed by atoms with Crippen LogP contribution in [0.2, 0.25) is 0 Å². The molecule has 1 fully saturated rings. The van der Waals surface area contributed by atoms with Gasteiger partial charge in [-0.2, -0.15) is 13.2 Å². The van der Waals surface area contributed by atoms with Crippen molar-refractivity contribution in [2.45, 2.75) is 88.8 Å². The van der Waals surface area contributed by atoms with Crippen molar-refractivity contribution < 1.29 is 27.4 Å². The highest BCUT2D eigenvalue weighted by Gasteiger charge is 2.65. The predicted octanol–water partition coefficient (Wildman–Crippen LogP) is 6.91. The Morgan fingerprint density at radius 2 is 1.48 bits per heavy atom. The standard InChI is InChI=1S/C23H33F3N2O3/c24-23(25,26)22(27-28-22)19-12-14-20(15-13-19)29-16-8-5-3-1-2-4-6-9-17-30-21-11-7-10-18-31-21/h12-15,21H,1-11,16-18H2. The van der Waals surface area contributed by atoms with Crippen molar-refractivity contribution in [2.75, 3.05) is 19.8 Å². The molecular weight excluding hydrogens is 409 g/mol. The highest BCUT2D eigenvalue weighted by atomic mass is 19.4. The molecule has 0 amide bonds. The predicted molar refractivity (Wildman–Crippen MR) is 111 cm³/mol. The van der Waals surface area contributed by atoms with Gasteiger partial charge in [0.1, 0.15) is 5.75 Å². The van der Waals surface area contributed by atoms with E-state index in [-0.39, 0.29) is 11.9 Å². The van der Waals surface area contributed by atoms with Gasteiger partial charge >= 0.3 is 11.8 Å². The Bertz CT molecular complexity index is 668. The quantitative estimate of drug-likeness (QED) is 0.294. The van der Waals surface area contributed by atoms with Crippen molar-refractivity contribution in [3.05, 3.63) is 29.8 Å². The summed E-state index contributed by atoms with van der Waals surface area (Å²) in [6.45, 7) is 2.19. The van der Waals surface area contributed by atoms with Crippen LogP contribution in [0.25, 0.3) is 0 Å². The van der Waals surface area contributed by atoms with E-state index >= 15 is 0 Å². The van der Waals surface area contributed by atoms with Crippen molar-refractivity contribution in [3.8, 4) is 5.75 Å². The fourth-order valence-electron chi connectivity index (χ4n) is 3.74. The Hall–Kier alpha value is -1.67. The van der Waals surface area contributed by atoms with Crippen molar-refractivity contribution in [1.82, 2.24) is 0 Å². The number of rotatable bonds is 14. The molecule has 1 aromatic carbocycles. The van der Waals surface area contributed by atoms with Gasteiger partial charge < -0.3 is 14.2 Å². The fourth-order valence-corrected chi connectivity index (χ4v) is 3.74. The smallest absolute Gasteiger partial charge is 0.442 e. The molecule has 1 unspecified atom stereocenters. The van der Waals surface area contributed by atoms with Crippen molar-refractivity contribution in [1.29, 1.82) is 0 Å². The normalized spacial score (nSPS) is 20.0. The van der Waals surface area contributed by atoms with Gasteiger partial charge in [-0.3, -0.25) is 0 Å². The maximum Gasteiger partial charge on any atom is 0.442 e. The highest BCUT2D eigenvalue weighted by molar-refractivity contribution is 5.35. The third-order valence-electron chi connectivity index (χ3n) is 5.70. The van der Waals surface area contributed by atoms with E-state index in [0.717, 1.165) is 45.3 Å². The van der Waals surface area contributed by atoms with Crippen LogP contribution in [0.1, 0.15) is 76.2 Å². The molecule has 8 heteroatoms. The van der Waals surface area contributed by atoms with Crippen LogP contribution < -0.4 is 4.74 Å². The van der Waals surface area contributed by atoms with E-state index in [9.17, 15) is 13.2 Å². The molecule has 2 aliphatic rings. The lowest BCUT2D eigenvalue weighted by Crippen LogP contribution is -2.29. The van der Waals surface area contributed by atoms with Crippen LogP contribution in [-0.4, -0.2) is 32.3 Å². The average molecular weight is 443 g/mol. The van der Waals surface area contributed by atoms with Crippen LogP contribution in [0.15, 0.2) is 34.5 Å². The maximum absolute atomic E-state index is 13.0. The van der Waals surface area contributed by atoms with Gasteiger partial charge in [-0.15, -0.1) is 10.2 Å². The summed E-state index contributed by atoms with van der Waals surface area (Å²) >= 11 is 0. The second kappa shape index (κ2) is 11.8. The molecule has 0 aromatic heterocycles. The van der Waals surface area contributed by atoms with Gasteiger partial charge in [0, 0.05) is 18.8 Å². The minimum atomic E-state index is -4.49. The minimum absolute atomic E-state index is 0.0228. The average Bonchev–Trinajstić information content (AvgIpc) is 3.58. The molecular formula is C23H33F3N2O3. The summed E-state index contributed by atoms with van der Waals surface area (Å²) in [5.74, 6) is 0.572. The van der Waals surface area contributed by atoms with E-state index in [1.165, 1.54) is 50.7 Å². The molecule has 0 bridgehead atoms. The molecule has 0 saturated carbocycles. The molecule has 31 heavy (non-hydrogen) atoms. The van der Waals surface area contributed by atoms with Crippen LogP contribution in [0, 0.1) is 0 Å². The number of benzene rings is 1. The van der Waals surface area contributed by atoms with Crippen molar-refractivity contribution >= 4 is 0 Å². The second-order valence-electron chi connectivity index (χ2n) is 8.24. The molecule has 5 nitrogen and oxygen atoms in total. The second-order valence-corrected chi connectivity index (χ2v) is 8.24. The molecule has 174 valence electrons. The largest absolute Gasteiger partial charge is 0.494 e. The van der Waals surface area contributed by atoms with Gasteiger partial charge in [0.25, 0.3) is 0 Å². The minimum Gasteiger partial charge on any atom is -0.494 e. The van der Waals surface area contributed by atoms with Gasteiger partial charge in [-0.25, -0.2) is 0 Å². The molecule has 0 aliphatic carbocycles. The molecule has 3 rings (SSSR count). The van der Waals surface area contributed by atoms with Crippen LogP contribution in [-0.2, 0) is 15.1 Å². The number of nitrogens with zero attached hydrogens (tertiary/aromatic N) is 2. The van der Waals surface area contributed by atoms with Crippen LogP contribution in [0.4, 0.5) is 13.2 Å². The number of halogens is 3. The van der Waals surface area contributed by atoms with Gasteiger partial charge in [-0.05, 0) is 44.2 Å². The molecule has 2 heterocycles. The third kappa shape index (κ3) is 7.45. The zero-order valence-corrected chi connectivity index (χ0v) is 18.0. The zero-order chi connectivity index (χ0) is 22.0. The first kappa shape index (κ1) is 24.0. The number of unbranched alkanes of at least 4 members (excludes halogenated alkanes) is 7. The van der Waals surface area contributed by atoms with Crippen LogP contribution in [0.3, 0.4) is 0 Å². The topological polar surface area (TPSA) is 52.4 Å². The third-order valence-corrected chi connectivity index (χ3v) is 5.70. The Morgan fingerprint density at radius 3 is 2.03 bits per heavy atom. The van der Waals surface area contributed by atoms with E-state index in [0.29, 0.717) is 12.4 Å². The van der Waals surface area contributed by atoms with Gasteiger partial charge in [-0.1, -0.05) is 50.7 Å². The lowest BCUT2D eigenvalue weighted by Gasteiger charge is -2.22. The monoisotopic (exact) mass is 442 g/mol. The Kier molecular flexibility index (Phi) is 9.14. The lowest BCUT2D eigenvalue weighted by molar-refractivity contribution is -0.166.